The normalized spacial score (nSPS) is 18.0. The van der Waals surface area contributed by atoms with E-state index < -0.39 is 11.6 Å². The minimum absolute atomic E-state index is 0.0833. The molecule has 2 fully saturated rings. The van der Waals surface area contributed by atoms with Crippen LogP contribution in [-0.2, 0) is 6.54 Å². The molecule has 0 atom stereocenters. The van der Waals surface area contributed by atoms with Crippen molar-refractivity contribution < 1.29 is 8.78 Å². The van der Waals surface area contributed by atoms with E-state index in [0.717, 1.165) is 31.4 Å². The first kappa shape index (κ1) is 27.7. The van der Waals surface area contributed by atoms with Crippen LogP contribution < -0.4 is 5.32 Å². The Hall–Kier alpha value is -3.50. The first-order valence-corrected chi connectivity index (χ1v) is 14.5. The highest BCUT2D eigenvalue weighted by atomic mass is 19.1. The molecule has 0 bridgehead atoms. The molecule has 6 rings (SSSR count). The summed E-state index contributed by atoms with van der Waals surface area (Å²) in [6, 6.07) is 4.74. The van der Waals surface area contributed by atoms with Crippen LogP contribution in [0.5, 0.6) is 0 Å². The van der Waals surface area contributed by atoms with Gasteiger partial charge in [-0.3, -0.25) is 4.90 Å². The van der Waals surface area contributed by atoms with E-state index in [2.05, 4.69) is 42.1 Å². The molecule has 2 saturated heterocycles. The number of halogens is 2. The van der Waals surface area contributed by atoms with E-state index in [1.807, 2.05) is 37.7 Å². The fourth-order valence-corrected chi connectivity index (χ4v) is 6.46. The van der Waals surface area contributed by atoms with Crippen molar-refractivity contribution in [2.75, 3.05) is 38.5 Å². The Labute approximate surface area is 239 Å². The number of aryl methyl sites for hydroxylation is 1. The predicted molar refractivity (Wildman–Crippen MR) is 157 cm³/mol. The van der Waals surface area contributed by atoms with Crippen molar-refractivity contribution >= 4 is 22.8 Å². The first-order chi connectivity index (χ1) is 19.7. The molecule has 0 amide bonds. The number of hydrogen-bond donors (Lipinski definition) is 1. The molecule has 4 aromatic rings. The second kappa shape index (κ2) is 11.1. The maximum atomic E-state index is 15.0. The fourth-order valence-electron chi connectivity index (χ4n) is 6.46. The van der Waals surface area contributed by atoms with Crippen LogP contribution in [0, 0.1) is 24.0 Å². The van der Waals surface area contributed by atoms with Gasteiger partial charge in [0, 0.05) is 36.1 Å². The molecule has 41 heavy (non-hydrogen) atoms. The molecule has 3 aromatic heterocycles. The number of likely N-dealkylation sites (tertiary alicyclic amines) is 2. The largest absolute Gasteiger partial charge is 0.326 e. The van der Waals surface area contributed by atoms with Gasteiger partial charge in [0.05, 0.1) is 11.7 Å². The average molecular weight is 561 g/mol. The molecule has 2 aliphatic heterocycles. The van der Waals surface area contributed by atoms with Crippen molar-refractivity contribution in [3.8, 4) is 11.1 Å². The molecule has 10 heteroatoms. The lowest BCUT2D eigenvalue weighted by molar-refractivity contribution is 0.0400. The summed E-state index contributed by atoms with van der Waals surface area (Å²) in [5.41, 5.74) is 3.16. The van der Waals surface area contributed by atoms with E-state index in [-0.39, 0.29) is 17.1 Å². The van der Waals surface area contributed by atoms with Crippen LogP contribution in [0.15, 0.2) is 36.8 Å². The Morgan fingerprint density at radius 3 is 2.27 bits per heavy atom. The number of rotatable bonds is 6. The highest BCUT2D eigenvalue weighted by Crippen LogP contribution is 2.41. The summed E-state index contributed by atoms with van der Waals surface area (Å²) in [4.78, 5) is 22.4. The van der Waals surface area contributed by atoms with Gasteiger partial charge in [0.2, 0.25) is 5.95 Å². The zero-order valence-electron chi connectivity index (χ0n) is 24.3. The molecule has 8 nitrogen and oxygen atoms in total. The van der Waals surface area contributed by atoms with Crippen LogP contribution in [0.2, 0.25) is 0 Å². The van der Waals surface area contributed by atoms with Gasteiger partial charge in [-0.2, -0.15) is 0 Å². The SMILES string of the molecule is Cc1nc2c(F)cc(-c3cc(Nc4ncc(CN5CCC6(CCN(C)CC6)CC5)cn4)ncc3F)cc2n1C(C)C. The van der Waals surface area contributed by atoms with Gasteiger partial charge >= 0.3 is 0 Å². The van der Waals surface area contributed by atoms with Crippen LogP contribution in [0.4, 0.5) is 20.5 Å². The Balaban J connectivity index is 1.14. The van der Waals surface area contributed by atoms with Gasteiger partial charge in [-0.05, 0) is 109 Å². The summed E-state index contributed by atoms with van der Waals surface area (Å²) in [6.45, 7) is 11.3. The number of nitrogens with zero attached hydrogens (tertiary/aromatic N) is 7. The van der Waals surface area contributed by atoms with Gasteiger partial charge in [0.15, 0.2) is 5.82 Å². The molecule has 0 unspecified atom stereocenters. The molecular formula is C31H38F2N8. The van der Waals surface area contributed by atoms with E-state index in [0.29, 0.717) is 34.1 Å². The number of nitrogens with one attached hydrogen (secondary N) is 1. The highest BCUT2D eigenvalue weighted by Gasteiger charge is 2.36. The molecule has 1 aromatic carbocycles. The molecule has 2 aliphatic rings. The van der Waals surface area contributed by atoms with Crippen LogP contribution in [0.1, 0.15) is 57.0 Å². The molecule has 1 N–H and O–H groups in total. The smallest absolute Gasteiger partial charge is 0.228 e. The molecule has 216 valence electrons. The molecule has 1 spiro atoms. The van der Waals surface area contributed by atoms with Crippen molar-refractivity contribution in [2.45, 2.75) is 59.0 Å². The number of anilines is 2. The minimum Gasteiger partial charge on any atom is -0.326 e. The lowest BCUT2D eigenvalue weighted by atomic mass is 9.71. The molecular weight excluding hydrogens is 522 g/mol. The van der Waals surface area contributed by atoms with Crippen LogP contribution in [-0.4, -0.2) is 67.5 Å². The zero-order chi connectivity index (χ0) is 28.7. The summed E-state index contributed by atoms with van der Waals surface area (Å²) in [5, 5.41) is 3.07. The van der Waals surface area contributed by atoms with Crippen molar-refractivity contribution in [3.05, 3.63) is 59.8 Å². The van der Waals surface area contributed by atoms with Gasteiger partial charge < -0.3 is 14.8 Å². The molecule has 0 aliphatic carbocycles. The lowest BCUT2D eigenvalue weighted by Crippen LogP contribution is -2.45. The zero-order valence-corrected chi connectivity index (χ0v) is 24.3. The first-order valence-electron chi connectivity index (χ1n) is 14.5. The number of piperidine rings is 2. The van der Waals surface area contributed by atoms with Gasteiger partial charge in [-0.15, -0.1) is 0 Å². The third kappa shape index (κ3) is 5.67. The fraction of sp³-hybridized carbons (Fsp3) is 0.484. The summed E-state index contributed by atoms with van der Waals surface area (Å²) in [6.07, 6.45) is 9.94. The predicted octanol–water partition coefficient (Wildman–Crippen LogP) is 6.11. The summed E-state index contributed by atoms with van der Waals surface area (Å²) < 4.78 is 31.9. The van der Waals surface area contributed by atoms with Crippen molar-refractivity contribution in [1.29, 1.82) is 0 Å². The van der Waals surface area contributed by atoms with E-state index in [9.17, 15) is 4.39 Å². The van der Waals surface area contributed by atoms with Crippen molar-refractivity contribution in [2.24, 2.45) is 5.41 Å². The second-order valence-corrected chi connectivity index (χ2v) is 12.1. The van der Waals surface area contributed by atoms with Crippen LogP contribution in [0.3, 0.4) is 0 Å². The van der Waals surface area contributed by atoms with Gasteiger partial charge in [0.1, 0.15) is 23.0 Å². The van der Waals surface area contributed by atoms with E-state index in [1.54, 1.807) is 12.1 Å². The standard InChI is InChI=1S/C31H38F2N8/c1-20(2)41-21(3)37-29-25(32)13-23(14-27(29)41)24-15-28(34-18-26(24)33)38-30-35-16-22(17-36-30)19-40-11-7-31(8-12-40)5-9-39(4)10-6-31/h13-18,20H,5-12,19H2,1-4H3,(H,34,35,36,38). The quantitative estimate of drug-likeness (QED) is 0.305. The highest BCUT2D eigenvalue weighted by molar-refractivity contribution is 5.84. The Morgan fingerprint density at radius 2 is 1.59 bits per heavy atom. The number of hydrogen-bond acceptors (Lipinski definition) is 7. The minimum atomic E-state index is -0.540. The summed E-state index contributed by atoms with van der Waals surface area (Å²) >= 11 is 0. The number of aromatic nitrogens is 5. The molecule has 0 saturated carbocycles. The number of fused-ring (bicyclic) bond motifs is 1. The summed E-state index contributed by atoms with van der Waals surface area (Å²) in [7, 11) is 2.22. The third-order valence-corrected chi connectivity index (χ3v) is 8.92. The van der Waals surface area contributed by atoms with E-state index in [1.165, 1.54) is 44.8 Å². The van der Waals surface area contributed by atoms with Crippen LogP contribution in [0.25, 0.3) is 22.2 Å². The monoisotopic (exact) mass is 560 g/mol. The second-order valence-electron chi connectivity index (χ2n) is 12.1. The lowest BCUT2D eigenvalue weighted by Gasteiger charge is -2.46. The number of imidazole rings is 1. The summed E-state index contributed by atoms with van der Waals surface area (Å²) in [5.74, 6) is 0.438. The molecule has 0 radical (unpaired) electrons. The van der Waals surface area contributed by atoms with Crippen molar-refractivity contribution in [1.82, 2.24) is 34.3 Å². The van der Waals surface area contributed by atoms with Gasteiger partial charge in [-0.1, -0.05) is 0 Å². The topological polar surface area (TPSA) is 75.0 Å². The van der Waals surface area contributed by atoms with Crippen molar-refractivity contribution in [3.63, 3.8) is 0 Å². The van der Waals surface area contributed by atoms with E-state index in [4.69, 9.17) is 0 Å². The maximum absolute atomic E-state index is 15.0. The average Bonchev–Trinajstić information content (AvgIpc) is 3.30. The maximum Gasteiger partial charge on any atom is 0.228 e. The van der Waals surface area contributed by atoms with E-state index >= 15 is 4.39 Å². The number of pyridine rings is 1. The number of benzene rings is 1. The third-order valence-electron chi connectivity index (χ3n) is 8.92. The van der Waals surface area contributed by atoms with Gasteiger partial charge in [-0.25, -0.2) is 28.7 Å². The van der Waals surface area contributed by atoms with Crippen LogP contribution >= 0.6 is 0 Å². The Morgan fingerprint density at radius 1 is 0.902 bits per heavy atom. The molecule has 5 heterocycles. The Bertz CT molecular complexity index is 1530. The Kier molecular flexibility index (Phi) is 7.46. The van der Waals surface area contributed by atoms with Gasteiger partial charge in [0.25, 0.3) is 0 Å².